The molecule has 5 aromatic rings. The number of alkyl halides is 1. The normalized spacial score (nSPS) is 25.2. The molecule has 3 aliphatic heterocycles. The second-order valence-corrected chi connectivity index (χ2v) is 19.0. The lowest BCUT2D eigenvalue weighted by Gasteiger charge is -2.45. The molecule has 0 amide bonds. The highest BCUT2D eigenvalue weighted by Gasteiger charge is 2.52. The number of halogens is 2. The van der Waals surface area contributed by atoms with Crippen LogP contribution in [0.15, 0.2) is 131 Å². The van der Waals surface area contributed by atoms with Gasteiger partial charge in [-0.15, -0.1) is 0 Å². The molecule has 260 valence electrons. The second-order valence-electron chi connectivity index (χ2n) is 16.5. The Bertz CT molecular complexity index is 2290. The van der Waals surface area contributed by atoms with Crippen molar-refractivity contribution in [1.29, 1.82) is 0 Å². The average molecular weight is 811 g/mol. The van der Waals surface area contributed by atoms with Crippen molar-refractivity contribution < 1.29 is 4.74 Å². The summed E-state index contributed by atoms with van der Waals surface area (Å²) in [6.07, 6.45) is 5.23. The minimum atomic E-state index is -0.233. The van der Waals surface area contributed by atoms with Crippen LogP contribution in [0.25, 0.3) is 5.57 Å². The van der Waals surface area contributed by atoms with Gasteiger partial charge >= 0.3 is 0 Å². The van der Waals surface area contributed by atoms with E-state index in [4.69, 9.17) is 4.74 Å². The van der Waals surface area contributed by atoms with Crippen molar-refractivity contribution in [1.82, 2.24) is 0 Å². The third kappa shape index (κ3) is 4.71. The molecule has 0 N–H and O–H groups in total. The lowest BCUT2D eigenvalue weighted by atomic mass is 9.72. The molecule has 52 heavy (non-hydrogen) atoms. The largest absolute Gasteiger partial charge is 0.359 e. The molecule has 2 aliphatic carbocycles. The maximum absolute atomic E-state index is 6.46. The zero-order valence-electron chi connectivity index (χ0n) is 30.3. The van der Waals surface area contributed by atoms with Gasteiger partial charge in [0.1, 0.15) is 12.2 Å². The first-order valence-corrected chi connectivity index (χ1v) is 20.1. The number of epoxide rings is 1. The molecule has 4 atom stereocenters. The number of ether oxygens (including phenoxy) is 1. The monoisotopic (exact) mass is 808 g/mol. The number of hydrogen-bond acceptors (Lipinski definition) is 3. The molecular weight excluding hydrogens is 768 g/mol. The van der Waals surface area contributed by atoms with Crippen molar-refractivity contribution in [2.75, 3.05) is 16.3 Å². The van der Waals surface area contributed by atoms with Crippen LogP contribution in [0.1, 0.15) is 79.7 Å². The van der Waals surface area contributed by atoms with E-state index < -0.39 is 0 Å². The van der Waals surface area contributed by atoms with Crippen LogP contribution in [0.2, 0.25) is 0 Å². The predicted octanol–water partition coefficient (Wildman–Crippen LogP) is 12.5. The fraction of sp³-hybridized carbons (Fsp3) is 0.277. The number of nitrogens with zero attached hydrogens (tertiary/aromatic N) is 2. The van der Waals surface area contributed by atoms with Crippen molar-refractivity contribution in [3.05, 3.63) is 170 Å². The van der Waals surface area contributed by atoms with E-state index in [1.54, 1.807) is 0 Å². The summed E-state index contributed by atoms with van der Waals surface area (Å²) < 4.78 is 7.36. The molecule has 4 unspecified atom stereocenters. The van der Waals surface area contributed by atoms with E-state index in [9.17, 15) is 0 Å². The Kier molecular flexibility index (Phi) is 7.11. The van der Waals surface area contributed by atoms with Crippen LogP contribution in [0, 0.1) is 5.92 Å². The van der Waals surface area contributed by atoms with Crippen LogP contribution in [-0.2, 0) is 22.1 Å². The molecule has 1 saturated heterocycles. The molecule has 5 aromatic carbocycles. The van der Waals surface area contributed by atoms with E-state index in [-0.39, 0.29) is 33.3 Å². The van der Waals surface area contributed by atoms with Crippen LogP contribution in [0.5, 0.6) is 0 Å². The first-order chi connectivity index (χ1) is 24.9. The maximum atomic E-state index is 6.46. The molecule has 3 nitrogen and oxygen atoms in total. The second kappa shape index (κ2) is 11.3. The lowest BCUT2D eigenvalue weighted by Crippen LogP contribution is -2.41. The molecule has 0 bridgehead atoms. The van der Waals surface area contributed by atoms with Crippen LogP contribution < -0.4 is 9.80 Å². The Morgan fingerprint density at radius 1 is 0.635 bits per heavy atom. The van der Waals surface area contributed by atoms with E-state index in [2.05, 4.69) is 198 Å². The third-order valence-electron chi connectivity index (χ3n) is 12.6. The van der Waals surface area contributed by atoms with Gasteiger partial charge in [-0.05, 0) is 93.4 Å². The number of para-hydroxylation sites is 4. The minimum Gasteiger partial charge on any atom is -0.359 e. The summed E-state index contributed by atoms with van der Waals surface area (Å²) in [7, 11) is 0. The number of benzene rings is 5. The number of allylic oxidation sites excluding steroid dienone is 1. The highest BCUT2D eigenvalue weighted by atomic mass is 79.9. The molecular formula is C47H42Br2N2O. The smallest absolute Gasteiger partial charge is 0.114 e. The van der Waals surface area contributed by atoms with Gasteiger partial charge in [0.15, 0.2) is 0 Å². The molecule has 1 fully saturated rings. The van der Waals surface area contributed by atoms with E-state index in [0.29, 0.717) is 0 Å². The Labute approximate surface area is 324 Å². The molecule has 0 radical (unpaired) electrons. The Hall–Kier alpha value is -3.90. The van der Waals surface area contributed by atoms with Crippen LogP contribution in [0.3, 0.4) is 0 Å². The van der Waals surface area contributed by atoms with Crippen molar-refractivity contribution in [3.63, 3.8) is 0 Å². The zero-order valence-corrected chi connectivity index (χ0v) is 33.4. The molecule has 10 rings (SSSR count). The molecule has 0 aromatic heterocycles. The summed E-state index contributed by atoms with van der Waals surface area (Å²) in [5.74, 6) is 0.201. The van der Waals surface area contributed by atoms with Gasteiger partial charge in [0.25, 0.3) is 0 Å². The first-order valence-electron chi connectivity index (χ1n) is 18.5. The van der Waals surface area contributed by atoms with Gasteiger partial charge in [0, 0.05) is 61.4 Å². The predicted molar refractivity (Wildman–Crippen MR) is 222 cm³/mol. The van der Waals surface area contributed by atoms with Crippen molar-refractivity contribution in [3.8, 4) is 0 Å². The first kappa shape index (κ1) is 32.7. The van der Waals surface area contributed by atoms with Gasteiger partial charge in [-0.3, -0.25) is 0 Å². The zero-order chi connectivity index (χ0) is 35.7. The van der Waals surface area contributed by atoms with Gasteiger partial charge in [-0.1, -0.05) is 145 Å². The average Bonchev–Trinajstić information content (AvgIpc) is 3.94. The lowest BCUT2D eigenvalue weighted by molar-refractivity contribution is 0.392. The van der Waals surface area contributed by atoms with Gasteiger partial charge in [0.05, 0.1) is 0 Å². The molecule has 5 heteroatoms. The molecule has 5 aliphatic rings. The van der Waals surface area contributed by atoms with Crippen LogP contribution in [0.4, 0.5) is 22.7 Å². The number of hydrogen-bond donors (Lipinski definition) is 0. The van der Waals surface area contributed by atoms with E-state index in [0.717, 1.165) is 17.6 Å². The highest BCUT2D eigenvalue weighted by Crippen LogP contribution is 2.59. The SMILES string of the molecule is CC1(C)c2ccccc2N(Cc2cc3c(cc2Br)C2OC2C2=CC(C)(Br)C(CN4c5ccccc5C(C)(C)c5ccccc54)C=C23)c2ccccc21. The Morgan fingerprint density at radius 2 is 1.12 bits per heavy atom. The van der Waals surface area contributed by atoms with E-state index in [1.165, 1.54) is 72.8 Å². The summed E-state index contributed by atoms with van der Waals surface area (Å²) >= 11 is 8.29. The van der Waals surface area contributed by atoms with Gasteiger partial charge < -0.3 is 14.5 Å². The van der Waals surface area contributed by atoms with Crippen LogP contribution in [-0.4, -0.2) is 17.0 Å². The molecule has 3 heterocycles. The summed E-state index contributed by atoms with van der Waals surface area (Å²) in [5, 5.41) is 0. The fourth-order valence-electron chi connectivity index (χ4n) is 9.70. The molecule has 0 spiro atoms. The Morgan fingerprint density at radius 3 is 1.63 bits per heavy atom. The van der Waals surface area contributed by atoms with E-state index >= 15 is 0 Å². The van der Waals surface area contributed by atoms with Gasteiger partial charge in [0.2, 0.25) is 0 Å². The summed E-state index contributed by atoms with van der Waals surface area (Å²) in [5.41, 5.74) is 17.0. The number of rotatable bonds is 4. The maximum Gasteiger partial charge on any atom is 0.114 e. The summed E-state index contributed by atoms with van der Waals surface area (Å²) in [4.78, 5) is 5.08. The van der Waals surface area contributed by atoms with Crippen molar-refractivity contribution in [2.45, 2.75) is 68.5 Å². The summed E-state index contributed by atoms with van der Waals surface area (Å²) in [6.45, 7) is 13.4. The Balaban J connectivity index is 1.07. The fourth-order valence-corrected chi connectivity index (χ4v) is 10.7. The number of fused-ring (bicyclic) bond motifs is 10. The van der Waals surface area contributed by atoms with Gasteiger partial charge in [-0.25, -0.2) is 0 Å². The van der Waals surface area contributed by atoms with E-state index in [1.807, 2.05) is 0 Å². The quantitative estimate of drug-likeness (QED) is 0.133. The summed E-state index contributed by atoms with van der Waals surface area (Å²) in [6, 6.07) is 40.6. The number of anilines is 4. The topological polar surface area (TPSA) is 19.0 Å². The highest BCUT2D eigenvalue weighted by molar-refractivity contribution is 9.10. The van der Waals surface area contributed by atoms with Gasteiger partial charge in [-0.2, -0.15) is 0 Å². The minimum absolute atomic E-state index is 0.0744. The molecule has 0 saturated carbocycles. The van der Waals surface area contributed by atoms with Crippen molar-refractivity contribution in [2.24, 2.45) is 5.92 Å². The standard InChI is InChI=1S/C47H42Br2N2O/c1-45(2)34-14-6-10-18-39(34)50(40-19-11-7-15-35(40)45)26-28-22-30-31-23-29(47(5,49)25-33(31)44-43(52-44)32(30)24-38(28)48)27-51-41-20-12-8-16-36(41)46(3,4)37-17-9-13-21-42(37)51/h6-25,29,43-44H,26-27H2,1-5H3. The third-order valence-corrected chi connectivity index (χ3v) is 14.2. The van der Waals surface area contributed by atoms with Crippen LogP contribution >= 0.6 is 31.9 Å². The van der Waals surface area contributed by atoms with Crippen molar-refractivity contribution >= 4 is 60.2 Å².